The van der Waals surface area contributed by atoms with Crippen LogP contribution in [0.2, 0.25) is 0 Å². The maximum atomic E-state index is 12.3. The van der Waals surface area contributed by atoms with E-state index in [9.17, 15) is 13.2 Å². The molecule has 4 nitrogen and oxygen atoms in total. The van der Waals surface area contributed by atoms with Gasteiger partial charge >= 0.3 is 0 Å². The molecule has 0 aliphatic carbocycles. The highest BCUT2D eigenvalue weighted by Gasteiger charge is 2.34. The second-order valence-electron chi connectivity index (χ2n) is 6.75. The maximum Gasteiger partial charge on any atom is 0.240 e. The summed E-state index contributed by atoms with van der Waals surface area (Å²) in [6.07, 6.45) is 4.23. The van der Waals surface area contributed by atoms with Crippen LogP contribution in [0.3, 0.4) is 0 Å². The smallest absolute Gasteiger partial charge is 0.240 e. The van der Waals surface area contributed by atoms with Gasteiger partial charge < -0.3 is 4.90 Å². The Morgan fingerprint density at radius 3 is 2.00 bits per heavy atom. The SMILES string of the molecule is C[C@@H](C(=O)N1CCCCCC1)S(=O)(=O)CC(C)(C)C. The fourth-order valence-corrected chi connectivity index (χ4v) is 4.34. The van der Waals surface area contributed by atoms with Crippen molar-refractivity contribution in [2.24, 2.45) is 5.41 Å². The summed E-state index contributed by atoms with van der Waals surface area (Å²) in [6.45, 7) is 8.59. The Bertz CT molecular complexity index is 401. The third-order valence-corrected chi connectivity index (χ3v) is 5.99. The van der Waals surface area contributed by atoms with E-state index in [2.05, 4.69) is 0 Å². The zero-order valence-electron chi connectivity index (χ0n) is 12.6. The van der Waals surface area contributed by atoms with Crippen molar-refractivity contribution in [3.63, 3.8) is 0 Å². The molecule has 0 N–H and O–H groups in total. The lowest BCUT2D eigenvalue weighted by molar-refractivity contribution is -0.130. The first-order valence-electron chi connectivity index (χ1n) is 7.14. The van der Waals surface area contributed by atoms with Gasteiger partial charge in [-0.05, 0) is 25.2 Å². The molecule has 0 aromatic rings. The van der Waals surface area contributed by atoms with Crippen LogP contribution in [0.1, 0.15) is 53.4 Å². The summed E-state index contributed by atoms with van der Waals surface area (Å²) in [5.74, 6) is -0.160. The third-order valence-electron chi connectivity index (χ3n) is 3.44. The zero-order valence-corrected chi connectivity index (χ0v) is 13.4. The summed E-state index contributed by atoms with van der Waals surface area (Å²) in [5, 5.41) is -0.912. The highest BCUT2D eigenvalue weighted by atomic mass is 32.2. The summed E-state index contributed by atoms with van der Waals surface area (Å²) >= 11 is 0. The molecule has 0 aromatic heterocycles. The Kier molecular flexibility index (Phi) is 5.42. The van der Waals surface area contributed by atoms with Gasteiger partial charge in [0.05, 0.1) is 5.75 Å². The van der Waals surface area contributed by atoms with E-state index >= 15 is 0 Å². The average molecular weight is 289 g/mol. The molecular weight excluding hydrogens is 262 g/mol. The third kappa shape index (κ3) is 5.13. The van der Waals surface area contributed by atoms with Gasteiger partial charge in [0, 0.05) is 13.1 Å². The lowest BCUT2D eigenvalue weighted by Gasteiger charge is -2.26. The number of amides is 1. The summed E-state index contributed by atoms with van der Waals surface area (Å²) in [6, 6.07) is 0. The summed E-state index contributed by atoms with van der Waals surface area (Å²) in [4.78, 5) is 14.1. The number of sulfone groups is 1. The van der Waals surface area contributed by atoms with Gasteiger partial charge in [-0.2, -0.15) is 0 Å². The minimum Gasteiger partial charge on any atom is -0.342 e. The fourth-order valence-electron chi connectivity index (χ4n) is 2.43. The predicted octanol–water partition coefficient (Wildman–Crippen LogP) is 2.24. The van der Waals surface area contributed by atoms with E-state index < -0.39 is 15.1 Å². The normalized spacial score (nSPS) is 19.9. The number of carbonyl (C=O) groups excluding carboxylic acids is 1. The van der Waals surface area contributed by atoms with Crippen molar-refractivity contribution in [2.75, 3.05) is 18.8 Å². The molecule has 1 saturated heterocycles. The van der Waals surface area contributed by atoms with Crippen LogP contribution in [0, 0.1) is 5.41 Å². The van der Waals surface area contributed by atoms with Gasteiger partial charge in [-0.1, -0.05) is 33.6 Å². The molecule has 5 heteroatoms. The molecule has 1 amide bonds. The Morgan fingerprint density at radius 2 is 1.58 bits per heavy atom. The highest BCUT2D eigenvalue weighted by molar-refractivity contribution is 7.92. The summed E-state index contributed by atoms with van der Waals surface area (Å²) in [5.41, 5.74) is -0.313. The van der Waals surface area contributed by atoms with Crippen LogP contribution >= 0.6 is 0 Å². The molecule has 0 saturated carbocycles. The number of likely N-dealkylation sites (tertiary alicyclic amines) is 1. The molecule has 1 aliphatic heterocycles. The first-order chi connectivity index (χ1) is 8.63. The van der Waals surface area contributed by atoms with Crippen LogP contribution in [0.5, 0.6) is 0 Å². The lowest BCUT2D eigenvalue weighted by Crippen LogP contribution is -2.44. The molecule has 1 atom stereocenters. The number of rotatable bonds is 3. The molecule has 0 radical (unpaired) electrons. The van der Waals surface area contributed by atoms with Crippen LogP contribution in [0.4, 0.5) is 0 Å². The molecule has 1 fully saturated rings. The van der Waals surface area contributed by atoms with Crippen LogP contribution in [-0.4, -0.2) is 43.3 Å². The largest absolute Gasteiger partial charge is 0.342 e. The number of hydrogen-bond donors (Lipinski definition) is 0. The van der Waals surface area contributed by atoms with Crippen LogP contribution in [0.15, 0.2) is 0 Å². The average Bonchev–Trinajstić information content (AvgIpc) is 2.52. The molecule has 0 aromatic carbocycles. The van der Waals surface area contributed by atoms with E-state index in [1.165, 1.54) is 6.92 Å². The molecular formula is C14H27NO3S. The van der Waals surface area contributed by atoms with E-state index in [1.54, 1.807) is 4.90 Å². The van der Waals surface area contributed by atoms with Crippen LogP contribution in [0.25, 0.3) is 0 Å². The second kappa shape index (κ2) is 6.25. The van der Waals surface area contributed by atoms with E-state index in [0.717, 1.165) is 25.7 Å². The first kappa shape index (κ1) is 16.5. The Labute approximate surface area is 117 Å². The van der Waals surface area contributed by atoms with Crippen molar-refractivity contribution in [3.8, 4) is 0 Å². The van der Waals surface area contributed by atoms with Crippen molar-refractivity contribution in [1.82, 2.24) is 4.90 Å². The highest BCUT2D eigenvalue weighted by Crippen LogP contribution is 2.21. The number of hydrogen-bond acceptors (Lipinski definition) is 3. The van der Waals surface area contributed by atoms with Gasteiger partial charge in [0.25, 0.3) is 0 Å². The van der Waals surface area contributed by atoms with E-state index in [0.29, 0.717) is 13.1 Å². The molecule has 0 unspecified atom stereocenters. The molecule has 112 valence electrons. The molecule has 1 rings (SSSR count). The number of nitrogens with zero attached hydrogens (tertiary/aromatic N) is 1. The summed E-state index contributed by atoms with van der Waals surface area (Å²) in [7, 11) is -3.37. The molecule has 1 heterocycles. The Morgan fingerprint density at radius 1 is 1.11 bits per heavy atom. The van der Waals surface area contributed by atoms with Gasteiger partial charge in [-0.25, -0.2) is 8.42 Å². The molecule has 0 spiro atoms. The Balaban J connectivity index is 2.75. The van der Waals surface area contributed by atoms with Crippen molar-refractivity contribution in [2.45, 2.75) is 58.6 Å². The lowest BCUT2D eigenvalue weighted by atomic mass is 10.0. The minimum absolute atomic E-state index is 0.0563. The molecule has 0 bridgehead atoms. The van der Waals surface area contributed by atoms with Gasteiger partial charge in [0.1, 0.15) is 5.25 Å². The molecule has 1 aliphatic rings. The van der Waals surface area contributed by atoms with E-state index in [-0.39, 0.29) is 17.1 Å². The van der Waals surface area contributed by atoms with Gasteiger partial charge in [-0.15, -0.1) is 0 Å². The van der Waals surface area contributed by atoms with Crippen molar-refractivity contribution < 1.29 is 13.2 Å². The van der Waals surface area contributed by atoms with Crippen molar-refractivity contribution >= 4 is 15.7 Å². The predicted molar refractivity (Wildman–Crippen MR) is 77.8 cm³/mol. The summed E-state index contributed by atoms with van der Waals surface area (Å²) < 4.78 is 24.5. The molecule has 19 heavy (non-hydrogen) atoms. The quantitative estimate of drug-likeness (QED) is 0.800. The van der Waals surface area contributed by atoms with E-state index in [4.69, 9.17) is 0 Å². The topological polar surface area (TPSA) is 54.5 Å². The Hall–Kier alpha value is -0.580. The van der Waals surface area contributed by atoms with Crippen molar-refractivity contribution in [3.05, 3.63) is 0 Å². The van der Waals surface area contributed by atoms with Crippen LogP contribution < -0.4 is 0 Å². The first-order valence-corrected chi connectivity index (χ1v) is 8.85. The minimum atomic E-state index is -3.37. The standard InChI is InChI=1S/C14H27NO3S/c1-12(19(17,18)11-14(2,3)4)13(16)15-9-7-5-6-8-10-15/h12H,5-11H2,1-4H3/t12-/m0/s1. The van der Waals surface area contributed by atoms with Gasteiger partial charge in [0.2, 0.25) is 5.91 Å². The maximum absolute atomic E-state index is 12.3. The van der Waals surface area contributed by atoms with Gasteiger partial charge in [0.15, 0.2) is 9.84 Å². The second-order valence-corrected chi connectivity index (χ2v) is 9.07. The zero-order chi connectivity index (χ0) is 14.7. The van der Waals surface area contributed by atoms with Crippen molar-refractivity contribution in [1.29, 1.82) is 0 Å². The van der Waals surface area contributed by atoms with Crippen LogP contribution in [-0.2, 0) is 14.6 Å². The fraction of sp³-hybridized carbons (Fsp3) is 0.929. The number of carbonyl (C=O) groups is 1. The monoisotopic (exact) mass is 289 g/mol. The van der Waals surface area contributed by atoms with Gasteiger partial charge in [-0.3, -0.25) is 4.79 Å². The van der Waals surface area contributed by atoms with E-state index in [1.807, 2.05) is 20.8 Å².